The minimum absolute atomic E-state index is 0.981. The number of rotatable bonds is 3. The highest BCUT2D eigenvalue weighted by atomic mass is 15.2. The highest BCUT2D eigenvalue weighted by Gasteiger charge is 2.20. The van der Waals surface area contributed by atoms with E-state index in [0.29, 0.717) is 0 Å². The Bertz CT molecular complexity index is 934. The first-order valence-electron chi connectivity index (χ1n) is 9.35. The van der Waals surface area contributed by atoms with Gasteiger partial charge in [-0.3, -0.25) is 4.90 Å². The Labute approximate surface area is 148 Å². The van der Waals surface area contributed by atoms with Crippen LogP contribution in [0.2, 0.25) is 0 Å². The van der Waals surface area contributed by atoms with E-state index >= 15 is 0 Å². The molecule has 0 spiro atoms. The Kier molecular flexibility index (Phi) is 3.52. The molecule has 0 saturated carbocycles. The molecule has 2 aliphatic rings. The number of hydrogen-bond donors (Lipinski definition) is 1. The average molecular weight is 332 g/mol. The lowest BCUT2D eigenvalue weighted by atomic mass is 10.0. The zero-order chi connectivity index (χ0) is 16.8. The molecule has 4 heteroatoms. The van der Waals surface area contributed by atoms with E-state index in [9.17, 15) is 0 Å². The molecule has 1 saturated heterocycles. The number of benzene rings is 1. The average Bonchev–Trinajstić information content (AvgIpc) is 3.34. The second-order valence-electron chi connectivity index (χ2n) is 7.37. The summed E-state index contributed by atoms with van der Waals surface area (Å²) in [7, 11) is 0. The van der Waals surface area contributed by atoms with Gasteiger partial charge in [-0.15, -0.1) is 0 Å². The van der Waals surface area contributed by atoms with Crippen molar-refractivity contribution in [2.24, 2.45) is 0 Å². The summed E-state index contributed by atoms with van der Waals surface area (Å²) in [6.07, 6.45) is 5.92. The molecule has 4 nitrogen and oxygen atoms in total. The van der Waals surface area contributed by atoms with Gasteiger partial charge >= 0.3 is 0 Å². The van der Waals surface area contributed by atoms with Crippen molar-refractivity contribution in [2.45, 2.75) is 32.7 Å². The molecule has 128 valence electrons. The number of imidazole rings is 1. The molecule has 0 amide bonds. The number of likely N-dealkylation sites (tertiary alicyclic amines) is 1. The van der Waals surface area contributed by atoms with E-state index in [1.54, 1.807) is 0 Å². The summed E-state index contributed by atoms with van der Waals surface area (Å²) in [4.78, 5) is 7.58. The van der Waals surface area contributed by atoms with Gasteiger partial charge in [0.2, 0.25) is 0 Å². The number of aromatic nitrogens is 2. The van der Waals surface area contributed by atoms with Gasteiger partial charge in [0.25, 0.3) is 0 Å². The van der Waals surface area contributed by atoms with Gasteiger partial charge in [-0.25, -0.2) is 4.98 Å². The zero-order valence-electron chi connectivity index (χ0n) is 14.8. The lowest BCUT2D eigenvalue weighted by Gasteiger charge is -2.16. The molecule has 25 heavy (non-hydrogen) atoms. The molecule has 0 atom stereocenters. The van der Waals surface area contributed by atoms with Gasteiger partial charge in [0.15, 0.2) is 0 Å². The largest absolute Gasteiger partial charge is 0.384 e. The third-order valence-corrected chi connectivity index (χ3v) is 5.54. The van der Waals surface area contributed by atoms with Crippen molar-refractivity contribution in [3.63, 3.8) is 0 Å². The van der Waals surface area contributed by atoms with Gasteiger partial charge in [0.05, 0.1) is 11.4 Å². The van der Waals surface area contributed by atoms with Crippen LogP contribution in [-0.2, 0) is 13.0 Å². The molecule has 0 radical (unpaired) electrons. The molecular formula is C21H24N4. The molecule has 3 aromatic rings. The van der Waals surface area contributed by atoms with Gasteiger partial charge in [-0.1, -0.05) is 6.07 Å². The van der Waals surface area contributed by atoms with E-state index in [1.807, 2.05) is 0 Å². The Morgan fingerprint density at radius 2 is 2.00 bits per heavy atom. The summed E-state index contributed by atoms with van der Waals surface area (Å²) in [5, 5.41) is 3.45. The predicted molar refractivity (Wildman–Crippen MR) is 102 cm³/mol. The summed E-state index contributed by atoms with van der Waals surface area (Å²) in [6, 6.07) is 11.1. The summed E-state index contributed by atoms with van der Waals surface area (Å²) in [6.45, 7) is 6.56. The normalized spacial score (nSPS) is 17.2. The summed E-state index contributed by atoms with van der Waals surface area (Å²) < 4.78 is 2.28. The number of hydrogen-bond acceptors (Lipinski definition) is 3. The van der Waals surface area contributed by atoms with Crippen LogP contribution in [0, 0.1) is 6.92 Å². The van der Waals surface area contributed by atoms with Crippen molar-refractivity contribution in [1.82, 2.24) is 14.3 Å². The third kappa shape index (κ3) is 2.61. The van der Waals surface area contributed by atoms with Crippen molar-refractivity contribution in [1.29, 1.82) is 0 Å². The van der Waals surface area contributed by atoms with E-state index in [-0.39, 0.29) is 0 Å². The molecule has 2 aliphatic heterocycles. The minimum Gasteiger partial charge on any atom is -0.384 e. The van der Waals surface area contributed by atoms with E-state index in [4.69, 9.17) is 4.98 Å². The first-order valence-corrected chi connectivity index (χ1v) is 9.35. The highest BCUT2D eigenvalue weighted by Crippen LogP contribution is 2.31. The van der Waals surface area contributed by atoms with Gasteiger partial charge in [0, 0.05) is 30.5 Å². The van der Waals surface area contributed by atoms with E-state index in [1.165, 1.54) is 54.0 Å². The second-order valence-corrected chi connectivity index (χ2v) is 7.37. The molecule has 4 heterocycles. The fourth-order valence-corrected chi connectivity index (χ4v) is 4.18. The van der Waals surface area contributed by atoms with Crippen molar-refractivity contribution in [3.05, 3.63) is 53.3 Å². The standard InChI is InChI=1S/C21H24N4/c1-15-7-11-25-19(14-24-9-2-3-10-24)21(23-20(25)12-15)17-4-5-18-16(13-17)6-8-22-18/h4-5,7,11-13,22H,2-3,6,8-10,14H2,1H3. The molecule has 0 unspecified atom stereocenters. The fraction of sp³-hybridized carbons (Fsp3) is 0.381. The Hall–Kier alpha value is -2.33. The molecule has 1 fully saturated rings. The van der Waals surface area contributed by atoms with Crippen LogP contribution in [0.15, 0.2) is 36.5 Å². The Balaban J connectivity index is 1.65. The van der Waals surface area contributed by atoms with Crippen LogP contribution in [-0.4, -0.2) is 33.9 Å². The number of nitrogens with zero attached hydrogens (tertiary/aromatic N) is 3. The molecule has 2 aromatic heterocycles. The van der Waals surface area contributed by atoms with Gasteiger partial charge in [-0.2, -0.15) is 0 Å². The fourth-order valence-electron chi connectivity index (χ4n) is 4.18. The van der Waals surface area contributed by atoms with Crippen LogP contribution in [0.25, 0.3) is 16.9 Å². The van der Waals surface area contributed by atoms with E-state index in [2.05, 4.69) is 58.1 Å². The van der Waals surface area contributed by atoms with Crippen LogP contribution in [0.3, 0.4) is 0 Å². The van der Waals surface area contributed by atoms with Gasteiger partial charge in [-0.05, 0) is 74.7 Å². The summed E-state index contributed by atoms with van der Waals surface area (Å²) >= 11 is 0. The predicted octanol–water partition coefficient (Wildman–Crippen LogP) is 3.87. The van der Waals surface area contributed by atoms with Crippen molar-refractivity contribution in [3.8, 4) is 11.3 Å². The van der Waals surface area contributed by atoms with Crippen molar-refractivity contribution >= 4 is 11.3 Å². The number of anilines is 1. The number of fused-ring (bicyclic) bond motifs is 2. The maximum absolute atomic E-state index is 5.03. The molecule has 0 aliphatic carbocycles. The lowest BCUT2D eigenvalue weighted by Crippen LogP contribution is -2.19. The maximum Gasteiger partial charge on any atom is 0.137 e. The number of aryl methyl sites for hydroxylation is 1. The minimum atomic E-state index is 0.981. The van der Waals surface area contributed by atoms with E-state index < -0.39 is 0 Å². The van der Waals surface area contributed by atoms with Crippen LogP contribution in [0.4, 0.5) is 5.69 Å². The molecule has 1 aromatic carbocycles. The topological polar surface area (TPSA) is 32.6 Å². The second kappa shape index (κ2) is 5.88. The van der Waals surface area contributed by atoms with Crippen molar-refractivity contribution in [2.75, 3.05) is 25.0 Å². The maximum atomic E-state index is 5.03. The third-order valence-electron chi connectivity index (χ3n) is 5.54. The Morgan fingerprint density at radius 3 is 2.88 bits per heavy atom. The van der Waals surface area contributed by atoms with Gasteiger partial charge < -0.3 is 9.72 Å². The lowest BCUT2D eigenvalue weighted by molar-refractivity contribution is 0.327. The molecule has 0 bridgehead atoms. The first-order chi connectivity index (χ1) is 12.3. The van der Waals surface area contributed by atoms with Crippen LogP contribution >= 0.6 is 0 Å². The summed E-state index contributed by atoms with van der Waals surface area (Å²) in [5.74, 6) is 0. The monoisotopic (exact) mass is 332 g/mol. The van der Waals surface area contributed by atoms with Gasteiger partial charge in [0.1, 0.15) is 5.65 Å². The first kappa shape index (κ1) is 15.0. The highest BCUT2D eigenvalue weighted by molar-refractivity contribution is 5.71. The molecule has 5 rings (SSSR count). The van der Waals surface area contributed by atoms with Crippen molar-refractivity contribution < 1.29 is 0 Å². The number of pyridine rings is 1. The zero-order valence-corrected chi connectivity index (χ0v) is 14.8. The summed E-state index contributed by atoms with van der Waals surface area (Å²) in [5.41, 5.74) is 8.73. The smallest absolute Gasteiger partial charge is 0.137 e. The molecule has 1 N–H and O–H groups in total. The van der Waals surface area contributed by atoms with Crippen LogP contribution < -0.4 is 5.32 Å². The van der Waals surface area contributed by atoms with E-state index in [0.717, 1.165) is 30.9 Å². The molecular weight excluding hydrogens is 308 g/mol. The van der Waals surface area contributed by atoms with Crippen LogP contribution in [0.1, 0.15) is 29.7 Å². The quantitative estimate of drug-likeness (QED) is 0.790. The SMILES string of the molecule is Cc1ccn2c(CN3CCCC3)c(-c3ccc4c(c3)CCN4)nc2c1. The Morgan fingerprint density at radius 1 is 1.12 bits per heavy atom. The number of nitrogens with one attached hydrogen (secondary N) is 1. The van der Waals surface area contributed by atoms with Crippen LogP contribution in [0.5, 0.6) is 0 Å².